The van der Waals surface area contributed by atoms with Crippen molar-refractivity contribution in [2.75, 3.05) is 5.32 Å². The molecular formula is C26H25BrF2N2O. The van der Waals surface area contributed by atoms with Crippen LogP contribution in [-0.2, 0) is 4.79 Å². The molecule has 0 spiro atoms. The number of hydrogen-bond acceptors (Lipinski definition) is 2. The van der Waals surface area contributed by atoms with Crippen LogP contribution in [0.15, 0.2) is 53.1 Å². The molecule has 32 heavy (non-hydrogen) atoms. The molecular weight excluding hydrogens is 474 g/mol. The topological polar surface area (TPSA) is 42.0 Å². The van der Waals surface area contributed by atoms with Gasteiger partial charge >= 0.3 is 0 Å². The molecule has 2 aliphatic carbocycles. The van der Waals surface area contributed by atoms with E-state index in [0.29, 0.717) is 33.8 Å². The van der Waals surface area contributed by atoms with Crippen LogP contribution >= 0.6 is 15.9 Å². The molecule has 1 aromatic heterocycles. The Morgan fingerprint density at radius 3 is 2.53 bits per heavy atom. The Bertz CT molecular complexity index is 1170. The Labute approximate surface area is 194 Å². The first-order chi connectivity index (χ1) is 15.4. The molecule has 2 saturated carbocycles. The number of benzene rings is 2. The van der Waals surface area contributed by atoms with E-state index in [9.17, 15) is 13.6 Å². The monoisotopic (exact) mass is 498 g/mol. The Morgan fingerprint density at radius 1 is 1.06 bits per heavy atom. The van der Waals surface area contributed by atoms with Crippen LogP contribution in [0.1, 0.15) is 44.1 Å². The van der Waals surface area contributed by atoms with Crippen molar-refractivity contribution in [1.29, 1.82) is 0 Å². The van der Waals surface area contributed by atoms with Crippen molar-refractivity contribution >= 4 is 38.4 Å². The lowest BCUT2D eigenvalue weighted by Crippen LogP contribution is -2.26. The predicted molar refractivity (Wildman–Crippen MR) is 125 cm³/mol. The second-order valence-corrected chi connectivity index (χ2v) is 10.2. The summed E-state index contributed by atoms with van der Waals surface area (Å²) in [4.78, 5) is 17.2. The number of fused-ring (bicyclic) bond motifs is 2. The third-order valence-corrected chi connectivity index (χ3v) is 8.14. The SMILES string of the molecule is CC(C(=O)Nc1ccc(F)c(Br)c1)C1CC2CC(c3ccnc4ccc(F)cc34)C[C@@H]2C1. The molecule has 5 rings (SSSR count). The molecule has 5 atom stereocenters. The molecule has 1 amide bonds. The summed E-state index contributed by atoms with van der Waals surface area (Å²) in [6.45, 7) is 2.00. The molecule has 0 aliphatic heterocycles. The summed E-state index contributed by atoms with van der Waals surface area (Å²) in [6, 6.07) is 11.4. The lowest BCUT2D eigenvalue weighted by atomic mass is 9.86. The Kier molecular flexibility index (Phi) is 5.74. The van der Waals surface area contributed by atoms with Gasteiger partial charge in [-0.25, -0.2) is 8.78 Å². The molecule has 0 bridgehead atoms. The number of hydrogen-bond donors (Lipinski definition) is 1. The van der Waals surface area contributed by atoms with E-state index in [1.807, 2.05) is 19.2 Å². The first kappa shape index (κ1) is 21.5. The summed E-state index contributed by atoms with van der Waals surface area (Å²) in [5, 5.41) is 3.86. The van der Waals surface area contributed by atoms with Gasteiger partial charge in [0.25, 0.3) is 0 Å². The van der Waals surface area contributed by atoms with Gasteiger partial charge in [-0.3, -0.25) is 9.78 Å². The molecule has 4 unspecified atom stereocenters. The minimum absolute atomic E-state index is 0.0133. The van der Waals surface area contributed by atoms with Gasteiger partial charge < -0.3 is 5.32 Å². The number of nitrogens with one attached hydrogen (secondary N) is 1. The van der Waals surface area contributed by atoms with E-state index in [1.165, 1.54) is 17.7 Å². The molecule has 2 fully saturated rings. The van der Waals surface area contributed by atoms with Crippen molar-refractivity contribution in [2.45, 2.75) is 38.5 Å². The molecule has 166 valence electrons. The standard InChI is InChI=1S/C26H25BrF2N2O/c1-14(26(32)31-20-3-4-24(29)23(27)13-20)15-8-16-10-18(11-17(16)9-15)21-6-7-30-25-5-2-19(28)12-22(21)25/h2-7,12-18H,8-11H2,1H3,(H,31,32)/t14?,15?,16-,17?,18?/m0/s1. The lowest BCUT2D eigenvalue weighted by Gasteiger charge is -2.21. The molecule has 1 N–H and O–H groups in total. The minimum Gasteiger partial charge on any atom is -0.326 e. The quantitative estimate of drug-likeness (QED) is 0.417. The van der Waals surface area contributed by atoms with Crippen LogP contribution in [0.5, 0.6) is 0 Å². The van der Waals surface area contributed by atoms with Crippen molar-refractivity contribution < 1.29 is 13.6 Å². The highest BCUT2D eigenvalue weighted by Crippen LogP contribution is 2.54. The molecule has 3 aromatic rings. The molecule has 2 aliphatic rings. The van der Waals surface area contributed by atoms with Crippen molar-refractivity contribution in [1.82, 2.24) is 4.98 Å². The summed E-state index contributed by atoms with van der Waals surface area (Å²) in [5.41, 5.74) is 2.65. The lowest BCUT2D eigenvalue weighted by molar-refractivity contribution is -0.120. The van der Waals surface area contributed by atoms with E-state index >= 15 is 0 Å². The van der Waals surface area contributed by atoms with E-state index in [2.05, 4.69) is 26.2 Å². The highest BCUT2D eigenvalue weighted by Gasteiger charge is 2.44. The number of carbonyl (C=O) groups excluding carboxylic acids is 1. The molecule has 2 aromatic carbocycles. The summed E-state index contributed by atoms with van der Waals surface area (Å²) in [7, 11) is 0. The zero-order valence-electron chi connectivity index (χ0n) is 17.8. The van der Waals surface area contributed by atoms with Crippen LogP contribution in [0.2, 0.25) is 0 Å². The Hall–Kier alpha value is -2.34. The predicted octanol–water partition coefficient (Wildman–Crippen LogP) is 7.07. The van der Waals surface area contributed by atoms with Crippen LogP contribution in [0.25, 0.3) is 10.9 Å². The normalized spacial score (nSPS) is 25.6. The first-order valence-corrected chi connectivity index (χ1v) is 12.0. The smallest absolute Gasteiger partial charge is 0.227 e. The summed E-state index contributed by atoms with van der Waals surface area (Å²) < 4.78 is 27.7. The van der Waals surface area contributed by atoms with Gasteiger partial charge in [0.15, 0.2) is 0 Å². The average Bonchev–Trinajstić information content (AvgIpc) is 3.34. The van der Waals surface area contributed by atoms with Gasteiger partial charge in [0, 0.05) is 23.2 Å². The number of halogens is 3. The maximum atomic E-state index is 13.9. The largest absolute Gasteiger partial charge is 0.326 e. The van der Waals surface area contributed by atoms with Crippen molar-refractivity contribution in [3.8, 4) is 0 Å². The van der Waals surface area contributed by atoms with Crippen LogP contribution < -0.4 is 5.32 Å². The second-order valence-electron chi connectivity index (χ2n) is 9.39. The zero-order chi connectivity index (χ0) is 22.4. The number of aromatic nitrogens is 1. The Balaban J connectivity index is 1.24. The second kappa shape index (κ2) is 8.54. The van der Waals surface area contributed by atoms with Gasteiger partial charge in [-0.05, 0) is 113 Å². The van der Waals surface area contributed by atoms with Crippen LogP contribution in [-0.4, -0.2) is 10.9 Å². The van der Waals surface area contributed by atoms with Gasteiger partial charge in [0.1, 0.15) is 11.6 Å². The first-order valence-electron chi connectivity index (χ1n) is 11.2. The van der Waals surface area contributed by atoms with E-state index in [0.717, 1.165) is 36.6 Å². The van der Waals surface area contributed by atoms with Crippen LogP contribution in [0, 0.1) is 35.3 Å². The van der Waals surface area contributed by atoms with Crippen molar-refractivity contribution in [2.24, 2.45) is 23.7 Å². The number of carbonyl (C=O) groups is 1. The third kappa shape index (κ3) is 4.05. The summed E-state index contributed by atoms with van der Waals surface area (Å²) in [6.07, 6.45) is 6.07. The van der Waals surface area contributed by atoms with Gasteiger partial charge in [-0.2, -0.15) is 0 Å². The number of nitrogens with zero attached hydrogens (tertiary/aromatic N) is 1. The average molecular weight is 499 g/mol. The fourth-order valence-corrected chi connectivity index (χ4v) is 6.24. The Morgan fingerprint density at radius 2 is 1.81 bits per heavy atom. The van der Waals surface area contributed by atoms with E-state index in [4.69, 9.17) is 0 Å². The number of anilines is 1. The van der Waals surface area contributed by atoms with Gasteiger partial charge in [-0.1, -0.05) is 6.92 Å². The van der Waals surface area contributed by atoms with Crippen LogP contribution in [0.4, 0.5) is 14.5 Å². The highest BCUT2D eigenvalue weighted by atomic mass is 79.9. The molecule has 1 heterocycles. The van der Waals surface area contributed by atoms with Gasteiger partial charge in [-0.15, -0.1) is 0 Å². The number of amides is 1. The van der Waals surface area contributed by atoms with Gasteiger partial charge in [0.05, 0.1) is 9.99 Å². The maximum Gasteiger partial charge on any atom is 0.227 e. The van der Waals surface area contributed by atoms with Crippen molar-refractivity contribution in [3.63, 3.8) is 0 Å². The highest BCUT2D eigenvalue weighted by molar-refractivity contribution is 9.10. The zero-order valence-corrected chi connectivity index (χ0v) is 19.4. The molecule has 0 radical (unpaired) electrons. The molecule has 0 saturated heterocycles. The molecule has 6 heteroatoms. The number of pyridine rings is 1. The fourth-order valence-electron chi connectivity index (χ4n) is 5.87. The minimum atomic E-state index is -0.348. The van der Waals surface area contributed by atoms with E-state index < -0.39 is 0 Å². The van der Waals surface area contributed by atoms with Gasteiger partial charge in [0.2, 0.25) is 5.91 Å². The summed E-state index contributed by atoms with van der Waals surface area (Å²) in [5.74, 6) is 1.27. The molecule has 3 nitrogen and oxygen atoms in total. The summed E-state index contributed by atoms with van der Waals surface area (Å²) >= 11 is 3.16. The van der Waals surface area contributed by atoms with Crippen molar-refractivity contribution in [3.05, 3.63) is 70.3 Å². The van der Waals surface area contributed by atoms with E-state index in [-0.39, 0.29) is 23.5 Å². The fraction of sp³-hybridized carbons (Fsp3) is 0.385. The third-order valence-electron chi connectivity index (χ3n) is 7.54. The maximum absolute atomic E-state index is 13.9. The number of rotatable bonds is 4. The van der Waals surface area contributed by atoms with Crippen LogP contribution in [0.3, 0.4) is 0 Å². The van der Waals surface area contributed by atoms with E-state index in [1.54, 1.807) is 24.3 Å².